The van der Waals surface area contributed by atoms with E-state index in [1.807, 2.05) is 22.9 Å². The SMILES string of the molecule is N#Cc1ccc(OC2CCC(NC(=O)Cc3ccsc3)CC2)nc1. The third-order valence-electron chi connectivity index (χ3n) is 4.14. The number of carbonyl (C=O) groups is 1. The maximum Gasteiger partial charge on any atom is 0.224 e. The predicted molar refractivity (Wildman–Crippen MR) is 91.8 cm³/mol. The highest BCUT2D eigenvalue weighted by molar-refractivity contribution is 7.07. The van der Waals surface area contributed by atoms with Crippen LogP contribution in [0.15, 0.2) is 35.2 Å². The summed E-state index contributed by atoms with van der Waals surface area (Å²) in [5.74, 6) is 0.644. The molecule has 1 saturated carbocycles. The Hall–Kier alpha value is -2.39. The number of hydrogen-bond donors (Lipinski definition) is 1. The molecule has 3 rings (SSSR count). The lowest BCUT2D eigenvalue weighted by Gasteiger charge is -2.29. The summed E-state index contributed by atoms with van der Waals surface area (Å²) in [4.78, 5) is 16.2. The quantitative estimate of drug-likeness (QED) is 0.907. The van der Waals surface area contributed by atoms with Crippen molar-refractivity contribution in [2.24, 2.45) is 0 Å². The molecule has 5 nitrogen and oxygen atoms in total. The van der Waals surface area contributed by atoms with Gasteiger partial charge in [-0.25, -0.2) is 4.98 Å². The first-order valence-electron chi connectivity index (χ1n) is 8.06. The van der Waals surface area contributed by atoms with Crippen molar-refractivity contribution in [3.8, 4) is 11.9 Å². The van der Waals surface area contributed by atoms with Crippen LogP contribution in [-0.2, 0) is 11.2 Å². The molecule has 2 heterocycles. The van der Waals surface area contributed by atoms with E-state index in [1.165, 1.54) is 6.20 Å². The molecule has 2 aromatic heterocycles. The zero-order chi connectivity index (χ0) is 16.8. The summed E-state index contributed by atoms with van der Waals surface area (Å²) in [5.41, 5.74) is 1.60. The molecule has 0 bridgehead atoms. The number of nitrogens with zero attached hydrogens (tertiary/aromatic N) is 2. The molecular weight excluding hydrogens is 322 g/mol. The Kier molecular flexibility index (Phi) is 5.44. The molecule has 6 heteroatoms. The van der Waals surface area contributed by atoms with E-state index in [0.29, 0.717) is 17.9 Å². The van der Waals surface area contributed by atoms with Crippen LogP contribution in [0, 0.1) is 11.3 Å². The number of aromatic nitrogens is 1. The average Bonchev–Trinajstić information content (AvgIpc) is 3.10. The molecule has 0 saturated heterocycles. The summed E-state index contributed by atoms with van der Waals surface area (Å²) in [6, 6.07) is 7.69. The van der Waals surface area contributed by atoms with Gasteiger partial charge in [0.2, 0.25) is 11.8 Å². The van der Waals surface area contributed by atoms with E-state index in [4.69, 9.17) is 10.00 Å². The minimum Gasteiger partial charge on any atom is -0.474 e. The van der Waals surface area contributed by atoms with Crippen LogP contribution in [0.5, 0.6) is 5.88 Å². The highest BCUT2D eigenvalue weighted by Gasteiger charge is 2.23. The lowest BCUT2D eigenvalue weighted by molar-refractivity contribution is -0.121. The number of carbonyl (C=O) groups excluding carboxylic acids is 1. The fraction of sp³-hybridized carbons (Fsp3) is 0.389. The van der Waals surface area contributed by atoms with E-state index in [1.54, 1.807) is 23.5 Å². The first-order valence-corrected chi connectivity index (χ1v) is 9.00. The molecule has 1 fully saturated rings. The van der Waals surface area contributed by atoms with Gasteiger partial charge in [0.25, 0.3) is 0 Å². The van der Waals surface area contributed by atoms with Crippen molar-refractivity contribution >= 4 is 17.2 Å². The first kappa shape index (κ1) is 16.5. The fourth-order valence-corrected chi connectivity index (χ4v) is 3.54. The van der Waals surface area contributed by atoms with Gasteiger partial charge in [-0.15, -0.1) is 0 Å². The summed E-state index contributed by atoms with van der Waals surface area (Å²) in [5, 5.41) is 15.9. The Morgan fingerprint density at radius 1 is 1.33 bits per heavy atom. The number of rotatable bonds is 5. The van der Waals surface area contributed by atoms with Crippen LogP contribution in [0.1, 0.15) is 36.8 Å². The van der Waals surface area contributed by atoms with Crippen molar-refractivity contribution in [3.05, 3.63) is 46.3 Å². The summed E-state index contributed by atoms with van der Waals surface area (Å²) in [6.07, 6.45) is 5.71. The van der Waals surface area contributed by atoms with E-state index in [9.17, 15) is 4.79 Å². The van der Waals surface area contributed by atoms with Gasteiger partial charge in [0, 0.05) is 18.3 Å². The molecule has 0 spiro atoms. The Morgan fingerprint density at radius 2 is 2.17 bits per heavy atom. The molecule has 0 unspecified atom stereocenters. The van der Waals surface area contributed by atoms with Crippen LogP contribution in [0.3, 0.4) is 0 Å². The highest BCUT2D eigenvalue weighted by Crippen LogP contribution is 2.23. The van der Waals surface area contributed by atoms with Gasteiger partial charge in [0.1, 0.15) is 12.2 Å². The summed E-state index contributed by atoms with van der Waals surface area (Å²) in [6.45, 7) is 0. The van der Waals surface area contributed by atoms with Crippen molar-refractivity contribution in [2.45, 2.75) is 44.2 Å². The Labute approximate surface area is 145 Å². The van der Waals surface area contributed by atoms with Crippen molar-refractivity contribution in [3.63, 3.8) is 0 Å². The molecule has 1 amide bonds. The second-order valence-electron chi connectivity index (χ2n) is 5.96. The largest absolute Gasteiger partial charge is 0.474 e. The standard InChI is InChI=1S/C18H19N3O2S/c19-10-14-1-6-18(20-11-14)23-16-4-2-15(3-5-16)21-17(22)9-13-7-8-24-12-13/h1,6-8,11-12,15-16H,2-5,9H2,(H,21,22). The van der Waals surface area contributed by atoms with Crippen molar-refractivity contribution in [1.29, 1.82) is 5.26 Å². The van der Waals surface area contributed by atoms with E-state index in [2.05, 4.69) is 10.3 Å². The third kappa shape index (κ3) is 4.56. The average molecular weight is 341 g/mol. The number of ether oxygens (including phenoxy) is 1. The fourth-order valence-electron chi connectivity index (χ4n) is 2.87. The van der Waals surface area contributed by atoms with E-state index in [0.717, 1.165) is 31.2 Å². The second kappa shape index (κ2) is 7.93. The van der Waals surface area contributed by atoms with Crippen LogP contribution in [-0.4, -0.2) is 23.0 Å². The molecule has 0 atom stereocenters. The topological polar surface area (TPSA) is 75.0 Å². The monoisotopic (exact) mass is 341 g/mol. The van der Waals surface area contributed by atoms with E-state index < -0.39 is 0 Å². The molecule has 1 aliphatic rings. The second-order valence-corrected chi connectivity index (χ2v) is 6.74. The van der Waals surface area contributed by atoms with Gasteiger partial charge < -0.3 is 10.1 Å². The predicted octanol–water partition coefficient (Wildman–Crippen LogP) is 3.06. The zero-order valence-electron chi connectivity index (χ0n) is 13.3. The van der Waals surface area contributed by atoms with Gasteiger partial charge in [0.15, 0.2) is 0 Å². The highest BCUT2D eigenvalue weighted by atomic mass is 32.1. The molecule has 24 heavy (non-hydrogen) atoms. The molecule has 0 aliphatic heterocycles. The van der Waals surface area contributed by atoms with Crippen molar-refractivity contribution in [1.82, 2.24) is 10.3 Å². The zero-order valence-corrected chi connectivity index (χ0v) is 14.1. The van der Waals surface area contributed by atoms with Gasteiger partial charge >= 0.3 is 0 Å². The third-order valence-corrected chi connectivity index (χ3v) is 4.87. The van der Waals surface area contributed by atoms with Crippen LogP contribution < -0.4 is 10.1 Å². The van der Waals surface area contributed by atoms with Crippen LogP contribution in [0.4, 0.5) is 0 Å². The number of pyridine rings is 1. The van der Waals surface area contributed by atoms with Gasteiger partial charge in [-0.3, -0.25) is 4.79 Å². The lowest BCUT2D eigenvalue weighted by Crippen LogP contribution is -2.40. The Balaban J connectivity index is 1.42. The molecule has 124 valence electrons. The maximum absolute atomic E-state index is 12.0. The molecule has 2 aromatic rings. The van der Waals surface area contributed by atoms with Crippen LogP contribution in [0.25, 0.3) is 0 Å². The summed E-state index contributed by atoms with van der Waals surface area (Å²) < 4.78 is 5.86. The van der Waals surface area contributed by atoms with Gasteiger partial charge in [-0.05, 0) is 54.1 Å². The smallest absolute Gasteiger partial charge is 0.224 e. The van der Waals surface area contributed by atoms with E-state index >= 15 is 0 Å². The Morgan fingerprint density at radius 3 is 2.79 bits per heavy atom. The first-order chi connectivity index (χ1) is 11.7. The molecule has 0 radical (unpaired) electrons. The molecule has 1 N–H and O–H groups in total. The summed E-state index contributed by atoms with van der Waals surface area (Å²) in [7, 11) is 0. The number of nitriles is 1. The van der Waals surface area contributed by atoms with Gasteiger partial charge in [0.05, 0.1) is 12.0 Å². The normalized spacial score (nSPS) is 20.1. The lowest BCUT2D eigenvalue weighted by atomic mass is 9.93. The van der Waals surface area contributed by atoms with Gasteiger partial charge in [-0.2, -0.15) is 16.6 Å². The minimum atomic E-state index is 0.0894. The Bertz CT molecular complexity index is 699. The number of thiophene rings is 1. The number of hydrogen-bond acceptors (Lipinski definition) is 5. The molecule has 0 aromatic carbocycles. The maximum atomic E-state index is 12.0. The number of nitrogens with one attached hydrogen (secondary N) is 1. The van der Waals surface area contributed by atoms with Crippen LogP contribution >= 0.6 is 11.3 Å². The van der Waals surface area contributed by atoms with Gasteiger partial charge in [-0.1, -0.05) is 0 Å². The minimum absolute atomic E-state index is 0.0894. The van der Waals surface area contributed by atoms with Crippen LogP contribution in [0.2, 0.25) is 0 Å². The number of amides is 1. The summed E-state index contributed by atoms with van der Waals surface area (Å²) >= 11 is 1.61. The van der Waals surface area contributed by atoms with Crippen molar-refractivity contribution < 1.29 is 9.53 Å². The molecular formula is C18H19N3O2S. The van der Waals surface area contributed by atoms with Crippen molar-refractivity contribution in [2.75, 3.05) is 0 Å². The molecule has 1 aliphatic carbocycles. The van der Waals surface area contributed by atoms with E-state index in [-0.39, 0.29) is 18.1 Å².